The first-order chi connectivity index (χ1) is 18.3. The number of benzene rings is 2. The number of methoxy groups -OCH3 is 1. The van der Waals surface area contributed by atoms with Crippen molar-refractivity contribution in [1.82, 2.24) is 14.8 Å². The molecule has 198 valence electrons. The van der Waals surface area contributed by atoms with Gasteiger partial charge in [0, 0.05) is 22.5 Å². The lowest BCUT2D eigenvalue weighted by molar-refractivity contribution is -0.113. The van der Waals surface area contributed by atoms with Crippen LogP contribution in [0.5, 0.6) is 5.75 Å². The lowest BCUT2D eigenvalue weighted by atomic mass is 10.0. The van der Waals surface area contributed by atoms with E-state index in [4.69, 9.17) is 32.7 Å². The second-order valence-corrected chi connectivity index (χ2v) is 10.6. The van der Waals surface area contributed by atoms with Crippen molar-refractivity contribution in [2.75, 3.05) is 18.2 Å². The van der Waals surface area contributed by atoms with Crippen molar-refractivity contribution < 1.29 is 19.1 Å². The molecule has 4 aromatic rings. The van der Waals surface area contributed by atoms with E-state index in [1.165, 1.54) is 30.2 Å². The summed E-state index contributed by atoms with van der Waals surface area (Å²) in [7, 11) is 1.30. The molecule has 0 radical (unpaired) electrons. The normalized spacial score (nSPS) is 11.7. The Balaban J connectivity index is 1.46. The van der Waals surface area contributed by atoms with E-state index in [0.29, 0.717) is 49.4 Å². The number of halogens is 2. The number of esters is 1. The summed E-state index contributed by atoms with van der Waals surface area (Å²) in [6, 6.07) is 14.3. The maximum absolute atomic E-state index is 12.9. The summed E-state index contributed by atoms with van der Waals surface area (Å²) in [4.78, 5) is 25.4. The number of carbonyl (C=O) groups is 2. The minimum atomic E-state index is -0.540. The summed E-state index contributed by atoms with van der Waals surface area (Å²) in [5, 5.41) is 15.3. The molecule has 0 saturated carbocycles. The molecule has 8 nitrogen and oxygen atoms in total. The van der Waals surface area contributed by atoms with Crippen LogP contribution in [0.15, 0.2) is 59.1 Å². The number of hydrogen-bond donors (Lipinski definition) is 1. The summed E-state index contributed by atoms with van der Waals surface area (Å²) >= 11 is 14.7. The maximum Gasteiger partial charge on any atom is 0.341 e. The molecule has 2 heterocycles. The van der Waals surface area contributed by atoms with Crippen molar-refractivity contribution in [2.24, 2.45) is 0 Å². The SMILES string of the molecule is CCn1c(SCC(=O)Nc2scc(-c3ccc(Cl)cc3)c2C(=O)OC)nnc1C(C)Oc1ccccc1Cl. The van der Waals surface area contributed by atoms with E-state index in [9.17, 15) is 9.59 Å². The van der Waals surface area contributed by atoms with Crippen LogP contribution in [0, 0.1) is 0 Å². The fourth-order valence-corrected chi connectivity index (χ4v) is 5.77. The second kappa shape index (κ2) is 12.7. The van der Waals surface area contributed by atoms with E-state index in [-0.39, 0.29) is 11.7 Å². The first-order valence-corrected chi connectivity index (χ1v) is 14.2. The van der Waals surface area contributed by atoms with Gasteiger partial charge in [-0.15, -0.1) is 21.5 Å². The Morgan fingerprint density at radius 1 is 1.13 bits per heavy atom. The number of carbonyl (C=O) groups excluding carboxylic acids is 2. The van der Waals surface area contributed by atoms with Crippen LogP contribution in [0.1, 0.15) is 36.1 Å². The number of hydrogen-bond acceptors (Lipinski definition) is 8. The monoisotopic (exact) mass is 590 g/mol. The van der Waals surface area contributed by atoms with Crippen LogP contribution in [0.2, 0.25) is 10.0 Å². The molecule has 1 atom stereocenters. The first-order valence-electron chi connectivity index (χ1n) is 11.5. The highest BCUT2D eigenvalue weighted by atomic mass is 35.5. The molecular weight excluding hydrogens is 567 g/mol. The molecule has 0 saturated heterocycles. The van der Waals surface area contributed by atoms with Gasteiger partial charge in [0.25, 0.3) is 0 Å². The first kappa shape index (κ1) is 28.0. The Hall–Kier alpha value is -3.05. The fourth-order valence-electron chi connectivity index (χ4n) is 3.68. The molecule has 1 unspecified atom stereocenters. The third-order valence-corrected chi connectivity index (χ3v) is 7.91. The van der Waals surface area contributed by atoms with Crippen molar-refractivity contribution in [3.05, 3.63) is 75.3 Å². The number of anilines is 1. The van der Waals surface area contributed by atoms with Crippen LogP contribution in [-0.2, 0) is 16.1 Å². The highest BCUT2D eigenvalue weighted by Crippen LogP contribution is 2.37. The van der Waals surface area contributed by atoms with E-state index in [1.54, 1.807) is 29.6 Å². The van der Waals surface area contributed by atoms with Crippen molar-refractivity contribution in [1.29, 1.82) is 0 Å². The van der Waals surface area contributed by atoms with Crippen LogP contribution >= 0.6 is 46.3 Å². The summed E-state index contributed by atoms with van der Waals surface area (Å²) in [5.74, 6) is 0.400. The summed E-state index contributed by atoms with van der Waals surface area (Å²) < 4.78 is 12.9. The molecule has 0 aliphatic heterocycles. The molecule has 4 rings (SSSR count). The highest BCUT2D eigenvalue weighted by Gasteiger charge is 2.24. The van der Waals surface area contributed by atoms with Gasteiger partial charge in [0.2, 0.25) is 5.91 Å². The van der Waals surface area contributed by atoms with E-state index >= 15 is 0 Å². The Kier molecular flexibility index (Phi) is 9.32. The number of ether oxygens (including phenoxy) is 2. The Bertz CT molecular complexity index is 1440. The smallest absolute Gasteiger partial charge is 0.341 e. The summed E-state index contributed by atoms with van der Waals surface area (Å²) in [6.45, 7) is 4.42. The zero-order valence-corrected chi connectivity index (χ0v) is 23.9. The minimum absolute atomic E-state index is 0.0622. The average Bonchev–Trinajstić information content (AvgIpc) is 3.52. The molecule has 0 spiro atoms. The molecule has 0 aliphatic carbocycles. The van der Waals surface area contributed by atoms with Gasteiger partial charge in [-0.3, -0.25) is 4.79 Å². The van der Waals surface area contributed by atoms with Crippen molar-refractivity contribution in [2.45, 2.75) is 31.7 Å². The van der Waals surface area contributed by atoms with Gasteiger partial charge in [-0.2, -0.15) is 0 Å². The predicted molar refractivity (Wildman–Crippen MR) is 152 cm³/mol. The lowest BCUT2D eigenvalue weighted by Crippen LogP contribution is -2.17. The van der Waals surface area contributed by atoms with Crippen LogP contribution in [-0.4, -0.2) is 39.5 Å². The molecule has 2 aromatic heterocycles. The van der Waals surface area contributed by atoms with Gasteiger partial charge in [-0.1, -0.05) is 59.2 Å². The quantitative estimate of drug-likeness (QED) is 0.157. The van der Waals surface area contributed by atoms with E-state index in [0.717, 1.165) is 5.56 Å². The Morgan fingerprint density at radius 2 is 1.87 bits per heavy atom. The van der Waals surface area contributed by atoms with Gasteiger partial charge >= 0.3 is 5.97 Å². The molecule has 38 heavy (non-hydrogen) atoms. The van der Waals surface area contributed by atoms with Crippen molar-refractivity contribution in [3.63, 3.8) is 0 Å². The van der Waals surface area contributed by atoms with Gasteiger partial charge in [0.05, 0.1) is 17.9 Å². The molecule has 0 bridgehead atoms. The third kappa shape index (κ3) is 6.32. The average molecular weight is 592 g/mol. The van der Waals surface area contributed by atoms with Gasteiger partial charge in [-0.05, 0) is 43.7 Å². The molecule has 1 amide bonds. The van der Waals surface area contributed by atoms with Gasteiger partial charge in [-0.25, -0.2) is 4.79 Å². The number of rotatable bonds is 10. The number of nitrogens with zero attached hydrogens (tertiary/aromatic N) is 3. The van der Waals surface area contributed by atoms with Crippen molar-refractivity contribution >= 4 is 63.2 Å². The topological polar surface area (TPSA) is 95.3 Å². The Morgan fingerprint density at radius 3 is 2.55 bits per heavy atom. The van der Waals surface area contributed by atoms with Gasteiger partial charge in [0.1, 0.15) is 16.3 Å². The molecule has 12 heteroatoms. The number of para-hydroxylation sites is 1. The maximum atomic E-state index is 12.9. The Labute approximate surface area is 238 Å². The van der Waals surface area contributed by atoms with E-state index in [2.05, 4.69) is 15.5 Å². The zero-order valence-electron chi connectivity index (χ0n) is 20.7. The molecule has 0 aliphatic rings. The van der Waals surface area contributed by atoms with Crippen LogP contribution in [0.3, 0.4) is 0 Å². The third-order valence-electron chi connectivity index (χ3n) is 5.49. The second-order valence-electron chi connectivity index (χ2n) is 7.96. The van der Waals surface area contributed by atoms with E-state index < -0.39 is 12.1 Å². The molecule has 1 N–H and O–H groups in total. The van der Waals surface area contributed by atoms with Crippen LogP contribution < -0.4 is 10.1 Å². The minimum Gasteiger partial charge on any atom is -0.481 e. The molecule has 0 fully saturated rings. The zero-order chi connectivity index (χ0) is 27.2. The summed E-state index contributed by atoms with van der Waals surface area (Å²) in [6.07, 6.45) is -0.412. The largest absolute Gasteiger partial charge is 0.481 e. The van der Waals surface area contributed by atoms with Crippen molar-refractivity contribution in [3.8, 4) is 16.9 Å². The molecular formula is C26H24Cl2N4O4S2. The van der Waals surface area contributed by atoms with Gasteiger partial charge in [0.15, 0.2) is 17.1 Å². The predicted octanol–water partition coefficient (Wildman–Crippen LogP) is 6.99. The van der Waals surface area contributed by atoms with Crippen LogP contribution in [0.4, 0.5) is 5.00 Å². The number of amides is 1. The highest BCUT2D eigenvalue weighted by molar-refractivity contribution is 7.99. The summed E-state index contributed by atoms with van der Waals surface area (Å²) in [5.41, 5.74) is 1.74. The standard InChI is InChI=1S/C26H24Cl2N4O4S2/c1-4-32-23(15(2)36-20-8-6-5-7-19(20)28)30-31-26(32)38-14-21(33)29-24-22(25(34)35-3)18(13-37-24)16-9-11-17(27)12-10-16/h5-13,15H,4,14H2,1-3H3,(H,29,33). The number of thiophene rings is 1. The lowest BCUT2D eigenvalue weighted by Gasteiger charge is -2.16. The number of nitrogens with one attached hydrogen (secondary N) is 1. The van der Waals surface area contributed by atoms with Crippen LogP contribution in [0.25, 0.3) is 11.1 Å². The van der Waals surface area contributed by atoms with Gasteiger partial charge < -0.3 is 19.4 Å². The fraction of sp³-hybridized carbons (Fsp3) is 0.231. The number of thioether (sulfide) groups is 1. The van der Waals surface area contributed by atoms with E-state index in [1.807, 2.05) is 42.7 Å². The number of aromatic nitrogens is 3. The molecule has 2 aromatic carbocycles.